The summed E-state index contributed by atoms with van der Waals surface area (Å²) in [7, 11) is 0. The van der Waals surface area contributed by atoms with Gasteiger partial charge in [0.1, 0.15) is 0 Å². The van der Waals surface area contributed by atoms with Crippen LogP contribution in [0, 0.1) is 0 Å². The quantitative estimate of drug-likeness (QED) is 0.874. The minimum absolute atomic E-state index is 0.0360. The molecule has 2 amide bonds. The molecule has 0 aliphatic carbocycles. The zero-order chi connectivity index (χ0) is 16.9. The lowest BCUT2D eigenvalue weighted by Crippen LogP contribution is -2.42. The smallest absolute Gasteiger partial charge is 0.287 e. The van der Waals surface area contributed by atoms with Crippen LogP contribution in [0.15, 0.2) is 57.6 Å². The fourth-order valence-corrected chi connectivity index (χ4v) is 2.91. The summed E-state index contributed by atoms with van der Waals surface area (Å²) in [5.41, 5.74) is 2.45. The van der Waals surface area contributed by atoms with Crippen molar-refractivity contribution in [2.45, 2.75) is 6.42 Å². The lowest BCUT2D eigenvalue weighted by atomic mass is 9.99. The van der Waals surface area contributed by atoms with Gasteiger partial charge in [0.25, 0.3) is 5.91 Å². The molecular weight excluding hydrogens is 372 g/mol. The molecule has 1 aliphatic rings. The molecule has 2 heterocycles. The maximum Gasteiger partial charge on any atom is 0.287 e. The topological polar surface area (TPSA) is 62.6 Å². The van der Waals surface area contributed by atoms with Crippen LogP contribution in [-0.2, 0) is 4.79 Å². The molecule has 24 heavy (non-hydrogen) atoms. The molecule has 5 nitrogen and oxygen atoms in total. The molecule has 1 aromatic heterocycles. The molecular formula is C18H17BrN2O3. The van der Waals surface area contributed by atoms with Gasteiger partial charge in [0, 0.05) is 13.1 Å². The second-order valence-corrected chi connectivity index (χ2v) is 6.25. The van der Waals surface area contributed by atoms with Gasteiger partial charge in [0.15, 0.2) is 10.4 Å². The molecule has 0 fully saturated rings. The highest BCUT2D eigenvalue weighted by molar-refractivity contribution is 9.10. The molecule has 1 aromatic carbocycles. The molecule has 1 N–H and O–H groups in total. The lowest BCUT2D eigenvalue weighted by molar-refractivity contribution is -0.129. The second kappa shape index (κ2) is 7.49. The van der Waals surface area contributed by atoms with Crippen molar-refractivity contribution in [1.82, 2.24) is 10.2 Å². The van der Waals surface area contributed by atoms with Crippen LogP contribution in [0.25, 0.3) is 5.57 Å². The average molecular weight is 389 g/mol. The third-order valence-corrected chi connectivity index (χ3v) is 4.33. The molecule has 6 heteroatoms. The summed E-state index contributed by atoms with van der Waals surface area (Å²) in [5.74, 6) is -0.316. The summed E-state index contributed by atoms with van der Waals surface area (Å²) in [5, 5.41) is 2.59. The van der Waals surface area contributed by atoms with Gasteiger partial charge in [-0.1, -0.05) is 36.4 Å². The first-order valence-electron chi connectivity index (χ1n) is 7.69. The number of carbonyl (C=O) groups excluding carboxylic acids is 2. The molecule has 2 aromatic rings. The van der Waals surface area contributed by atoms with Gasteiger partial charge >= 0.3 is 0 Å². The summed E-state index contributed by atoms with van der Waals surface area (Å²) in [4.78, 5) is 25.8. The molecule has 0 saturated heterocycles. The van der Waals surface area contributed by atoms with E-state index >= 15 is 0 Å². The van der Waals surface area contributed by atoms with E-state index in [-0.39, 0.29) is 18.2 Å². The van der Waals surface area contributed by atoms with Gasteiger partial charge < -0.3 is 14.6 Å². The fourth-order valence-electron chi connectivity index (χ4n) is 2.60. The van der Waals surface area contributed by atoms with Crippen LogP contribution in [0.3, 0.4) is 0 Å². The normalized spacial score (nSPS) is 14.2. The molecule has 0 spiro atoms. The number of hydrogen-bond acceptors (Lipinski definition) is 3. The number of halogens is 1. The van der Waals surface area contributed by atoms with E-state index < -0.39 is 5.91 Å². The number of nitrogens with one attached hydrogen (secondary N) is 1. The summed E-state index contributed by atoms with van der Waals surface area (Å²) in [6, 6.07) is 13.3. The predicted octanol–water partition coefficient (Wildman–Crippen LogP) is 3.09. The zero-order valence-corrected chi connectivity index (χ0v) is 14.6. The van der Waals surface area contributed by atoms with Gasteiger partial charge in [0.05, 0.1) is 6.54 Å². The van der Waals surface area contributed by atoms with Crippen LogP contribution < -0.4 is 5.32 Å². The van der Waals surface area contributed by atoms with Crippen molar-refractivity contribution in [3.05, 3.63) is 64.5 Å². The number of carbonyl (C=O) groups is 2. The van der Waals surface area contributed by atoms with Gasteiger partial charge in [-0.25, -0.2) is 0 Å². The summed E-state index contributed by atoms with van der Waals surface area (Å²) < 4.78 is 5.64. The number of furan rings is 1. The monoisotopic (exact) mass is 388 g/mol. The molecule has 0 radical (unpaired) electrons. The highest BCUT2D eigenvalue weighted by Gasteiger charge is 2.19. The van der Waals surface area contributed by atoms with Crippen LogP contribution in [0.1, 0.15) is 22.5 Å². The molecule has 0 atom stereocenters. The average Bonchev–Trinajstić information content (AvgIpc) is 3.07. The van der Waals surface area contributed by atoms with Gasteiger partial charge in [-0.15, -0.1) is 0 Å². The Morgan fingerprint density at radius 3 is 2.58 bits per heavy atom. The highest BCUT2D eigenvalue weighted by Crippen LogP contribution is 2.21. The van der Waals surface area contributed by atoms with Crippen LogP contribution >= 0.6 is 15.9 Å². The van der Waals surface area contributed by atoms with E-state index in [0.29, 0.717) is 17.8 Å². The molecule has 0 unspecified atom stereocenters. The number of rotatable bonds is 4. The first kappa shape index (κ1) is 16.5. The fraction of sp³-hybridized carbons (Fsp3) is 0.222. The lowest BCUT2D eigenvalue weighted by Gasteiger charge is -2.26. The van der Waals surface area contributed by atoms with Crippen molar-refractivity contribution in [1.29, 1.82) is 0 Å². The van der Waals surface area contributed by atoms with E-state index in [0.717, 1.165) is 6.42 Å². The van der Waals surface area contributed by atoms with Gasteiger partial charge in [-0.3, -0.25) is 9.59 Å². The summed E-state index contributed by atoms with van der Waals surface area (Å²) >= 11 is 3.14. The van der Waals surface area contributed by atoms with E-state index in [9.17, 15) is 9.59 Å². The number of benzene rings is 1. The van der Waals surface area contributed by atoms with Crippen LogP contribution in [0.4, 0.5) is 0 Å². The summed E-state index contributed by atoms with van der Waals surface area (Å²) in [6.45, 7) is 1.18. The zero-order valence-electron chi connectivity index (χ0n) is 13.0. The Morgan fingerprint density at radius 1 is 1.17 bits per heavy atom. The minimum atomic E-state index is -0.397. The van der Waals surface area contributed by atoms with Crippen molar-refractivity contribution in [3.8, 4) is 0 Å². The SMILES string of the molecule is O=C(NCC(=O)N1CC=C(c2ccccc2)CC1)c1ccc(Br)o1. The molecule has 3 rings (SSSR count). The standard InChI is InChI=1S/C18H17BrN2O3/c19-16-7-6-15(24-16)18(23)20-12-17(22)21-10-8-14(9-11-21)13-4-2-1-3-5-13/h1-8H,9-12H2,(H,20,23). The van der Waals surface area contributed by atoms with Crippen molar-refractivity contribution < 1.29 is 14.0 Å². The Kier molecular flexibility index (Phi) is 5.15. The van der Waals surface area contributed by atoms with Gasteiger partial charge in [-0.05, 0) is 45.6 Å². The third kappa shape index (κ3) is 3.94. The minimum Gasteiger partial charge on any atom is -0.444 e. The Labute approximate surface area is 148 Å². The van der Waals surface area contributed by atoms with Gasteiger partial charge in [-0.2, -0.15) is 0 Å². The van der Waals surface area contributed by atoms with Crippen LogP contribution in [-0.4, -0.2) is 36.3 Å². The largest absolute Gasteiger partial charge is 0.444 e. The van der Waals surface area contributed by atoms with Crippen molar-refractivity contribution >= 4 is 33.3 Å². The van der Waals surface area contributed by atoms with E-state index in [4.69, 9.17) is 4.42 Å². The van der Waals surface area contributed by atoms with Crippen molar-refractivity contribution in [3.63, 3.8) is 0 Å². The number of hydrogen-bond donors (Lipinski definition) is 1. The number of amides is 2. The van der Waals surface area contributed by atoms with Gasteiger partial charge in [0.2, 0.25) is 5.91 Å². The van der Waals surface area contributed by atoms with E-state index in [2.05, 4.69) is 39.5 Å². The Balaban J connectivity index is 1.52. The maximum atomic E-state index is 12.2. The molecule has 0 saturated carbocycles. The Morgan fingerprint density at radius 2 is 1.96 bits per heavy atom. The maximum absolute atomic E-state index is 12.2. The third-order valence-electron chi connectivity index (χ3n) is 3.90. The molecule has 124 valence electrons. The van der Waals surface area contributed by atoms with E-state index in [1.807, 2.05) is 18.2 Å². The van der Waals surface area contributed by atoms with Crippen molar-refractivity contribution in [2.24, 2.45) is 0 Å². The summed E-state index contributed by atoms with van der Waals surface area (Å²) in [6.07, 6.45) is 2.89. The second-order valence-electron chi connectivity index (χ2n) is 5.47. The molecule has 0 bridgehead atoms. The van der Waals surface area contributed by atoms with Crippen LogP contribution in [0.2, 0.25) is 0 Å². The molecule has 1 aliphatic heterocycles. The Hall–Kier alpha value is -2.34. The van der Waals surface area contributed by atoms with Crippen molar-refractivity contribution in [2.75, 3.05) is 19.6 Å². The van der Waals surface area contributed by atoms with Crippen LogP contribution in [0.5, 0.6) is 0 Å². The Bertz CT molecular complexity index is 768. The first-order valence-corrected chi connectivity index (χ1v) is 8.48. The van der Waals surface area contributed by atoms with E-state index in [1.54, 1.807) is 17.0 Å². The predicted molar refractivity (Wildman–Crippen MR) is 94.4 cm³/mol. The highest BCUT2D eigenvalue weighted by atomic mass is 79.9. The first-order chi connectivity index (χ1) is 11.6. The number of nitrogens with zero attached hydrogens (tertiary/aromatic N) is 1. The van der Waals surface area contributed by atoms with E-state index in [1.165, 1.54) is 11.1 Å².